The second kappa shape index (κ2) is 8.16. The minimum atomic E-state index is -0.281. The maximum Gasteiger partial charge on any atom is 0.254 e. The first-order valence-electron chi connectivity index (χ1n) is 8.10. The van der Waals surface area contributed by atoms with Gasteiger partial charge < -0.3 is 19.1 Å². The predicted molar refractivity (Wildman–Crippen MR) is 101 cm³/mol. The lowest BCUT2D eigenvalue weighted by atomic mass is 10.1. The maximum atomic E-state index is 13.0. The number of amides is 1. The normalized spacial score (nSPS) is 17.1. The van der Waals surface area contributed by atoms with Gasteiger partial charge in [-0.3, -0.25) is 4.79 Å². The van der Waals surface area contributed by atoms with Gasteiger partial charge in [-0.15, -0.1) is 0 Å². The van der Waals surface area contributed by atoms with Crippen LogP contribution in [-0.2, 0) is 4.74 Å². The van der Waals surface area contributed by atoms with Gasteiger partial charge in [0.1, 0.15) is 17.6 Å². The zero-order chi connectivity index (χ0) is 18.7. The van der Waals surface area contributed by atoms with Crippen LogP contribution in [0.15, 0.2) is 36.4 Å². The summed E-state index contributed by atoms with van der Waals surface area (Å²) >= 11 is 12.2. The van der Waals surface area contributed by atoms with Crippen LogP contribution in [0, 0.1) is 0 Å². The summed E-state index contributed by atoms with van der Waals surface area (Å²) < 4.78 is 16.3. The van der Waals surface area contributed by atoms with Crippen molar-refractivity contribution in [1.29, 1.82) is 0 Å². The van der Waals surface area contributed by atoms with E-state index in [1.165, 1.54) is 0 Å². The summed E-state index contributed by atoms with van der Waals surface area (Å²) in [5.74, 6) is 1.03. The van der Waals surface area contributed by atoms with Crippen LogP contribution in [0.5, 0.6) is 11.5 Å². The Bertz CT molecular complexity index is 770. The topological polar surface area (TPSA) is 48.0 Å². The number of morpholine rings is 1. The highest BCUT2D eigenvalue weighted by Crippen LogP contribution is 2.29. The van der Waals surface area contributed by atoms with E-state index in [0.29, 0.717) is 46.8 Å². The molecule has 5 nitrogen and oxygen atoms in total. The van der Waals surface area contributed by atoms with Crippen LogP contribution < -0.4 is 9.47 Å². The van der Waals surface area contributed by atoms with Gasteiger partial charge in [-0.1, -0.05) is 23.2 Å². The van der Waals surface area contributed by atoms with Gasteiger partial charge in [-0.25, -0.2) is 0 Å². The van der Waals surface area contributed by atoms with E-state index in [9.17, 15) is 4.79 Å². The number of hydrogen-bond acceptors (Lipinski definition) is 4. The fraction of sp³-hybridized carbons (Fsp3) is 0.316. The van der Waals surface area contributed by atoms with Gasteiger partial charge in [0.25, 0.3) is 5.91 Å². The highest BCUT2D eigenvalue weighted by Gasteiger charge is 2.27. The number of methoxy groups -OCH3 is 2. The number of benzene rings is 2. The summed E-state index contributed by atoms with van der Waals surface area (Å²) in [6, 6.07) is 10.4. The van der Waals surface area contributed by atoms with Crippen molar-refractivity contribution in [3.8, 4) is 11.5 Å². The minimum Gasteiger partial charge on any atom is -0.497 e. The molecule has 1 amide bonds. The molecule has 2 aromatic carbocycles. The number of halogens is 2. The monoisotopic (exact) mass is 395 g/mol. The van der Waals surface area contributed by atoms with E-state index in [4.69, 9.17) is 37.4 Å². The summed E-state index contributed by atoms with van der Waals surface area (Å²) in [6.45, 7) is 1.35. The number of rotatable bonds is 4. The third kappa shape index (κ3) is 4.23. The summed E-state index contributed by atoms with van der Waals surface area (Å²) in [4.78, 5) is 14.7. The fourth-order valence-electron chi connectivity index (χ4n) is 2.91. The van der Waals surface area contributed by atoms with Crippen molar-refractivity contribution >= 4 is 29.1 Å². The van der Waals surface area contributed by atoms with Crippen LogP contribution in [0.1, 0.15) is 22.0 Å². The van der Waals surface area contributed by atoms with Crippen molar-refractivity contribution in [2.24, 2.45) is 0 Å². The Morgan fingerprint density at radius 3 is 2.23 bits per heavy atom. The van der Waals surface area contributed by atoms with Gasteiger partial charge in [0.15, 0.2) is 0 Å². The Hall–Kier alpha value is -1.95. The first-order valence-corrected chi connectivity index (χ1v) is 8.85. The molecule has 1 heterocycles. The number of carbonyl (C=O) groups is 1. The number of nitrogens with zero attached hydrogens (tertiary/aromatic N) is 1. The van der Waals surface area contributed by atoms with E-state index < -0.39 is 0 Å². The van der Waals surface area contributed by atoms with Crippen molar-refractivity contribution < 1.29 is 19.0 Å². The third-order valence-electron chi connectivity index (χ3n) is 4.21. The summed E-state index contributed by atoms with van der Waals surface area (Å²) in [6.07, 6.45) is -0.281. The van der Waals surface area contributed by atoms with Crippen LogP contribution in [-0.4, -0.2) is 44.7 Å². The van der Waals surface area contributed by atoms with Crippen LogP contribution in [0.4, 0.5) is 0 Å². The Kier molecular flexibility index (Phi) is 5.91. The predicted octanol–water partition coefficient (Wildman–Crippen LogP) is 4.22. The summed E-state index contributed by atoms with van der Waals surface area (Å²) in [5.41, 5.74) is 1.36. The third-order valence-corrected chi connectivity index (χ3v) is 4.65. The summed E-state index contributed by atoms with van der Waals surface area (Å²) in [5, 5.41) is 1.08. The second-order valence-electron chi connectivity index (χ2n) is 5.91. The maximum absolute atomic E-state index is 13.0. The van der Waals surface area contributed by atoms with Crippen LogP contribution in [0.3, 0.4) is 0 Å². The highest BCUT2D eigenvalue weighted by molar-refractivity contribution is 6.34. The van der Waals surface area contributed by atoms with Crippen molar-refractivity contribution in [2.75, 3.05) is 33.9 Å². The van der Waals surface area contributed by atoms with Crippen molar-refractivity contribution in [3.05, 3.63) is 57.6 Å². The summed E-state index contributed by atoms with van der Waals surface area (Å²) in [7, 11) is 3.10. The Labute approximate surface area is 162 Å². The fourth-order valence-corrected chi connectivity index (χ4v) is 3.45. The first kappa shape index (κ1) is 18.8. The quantitative estimate of drug-likeness (QED) is 0.777. The van der Waals surface area contributed by atoms with E-state index in [2.05, 4.69) is 0 Å². The Morgan fingerprint density at radius 2 is 1.65 bits per heavy atom. The average molecular weight is 396 g/mol. The van der Waals surface area contributed by atoms with Crippen molar-refractivity contribution in [1.82, 2.24) is 4.90 Å². The molecule has 1 aliphatic rings. The molecule has 26 heavy (non-hydrogen) atoms. The smallest absolute Gasteiger partial charge is 0.254 e. The van der Waals surface area contributed by atoms with Crippen LogP contribution in [0.2, 0.25) is 10.0 Å². The molecule has 1 aliphatic heterocycles. The molecule has 3 rings (SSSR count). The molecule has 0 saturated carbocycles. The van der Waals surface area contributed by atoms with Crippen molar-refractivity contribution in [2.45, 2.75) is 6.10 Å². The second-order valence-corrected chi connectivity index (χ2v) is 6.79. The molecule has 7 heteroatoms. The minimum absolute atomic E-state index is 0.108. The van der Waals surface area contributed by atoms with E-state index in [0.717, 1.165) is 5.56 Å². The molecule has 1 unspecified atom stereocenters. The molecule has 1 fully saturated rings. The molecule has 138 valence electrons. The first-order chi connectivity index (χ1) is 12.5. The zero-order valence-electron chi connectivity index (χ0n) is 14.5. The number of ether oxygens (including phenoxy) is 3. The van der Waals surface area contributed by atoms with Gasteiger partial charge >= 0.3 is 0 Å². The molecule has 0 aliphatic carbocycles. The standard InChI is InChI=1S/C19H19Cl2NO4/c1-24-16-7-13(8-17(10-16)25-2)19(23)22-3-4-26-18(11-22)12-5-14(20)9-15(21)6-12/h5-10,18H,3-4,11H2,1-2H3. The molecule has 0 radical (unpaired) electrons. The molecule has 0 spiro atoms. The number of hydrogen-bond donors (Lipinski definition) is 0. The lowest BCUT2D eigenvalue weighted by molar-refractivity contribution is -0.0228. The Balaban J connectivity index is 1.82. The van der Waals surface area contributed by atoms with Crippen LogP contribution in [0.25, 0.3) is 0 Å². The van der Waals surface area contributed by atoms with E-state index in [-0.39, 0.29) is 12.0 Å². The van der Waals surface area contributed by atoms with Gasteiger partial charge in [0.05, 0.1) is 27.4 Å². The van der Waals surface area contributed by atoms with E-state index >= 15 is 0 Å². The van der Waals surface area contributed by atoms with Gasteiger partial charge in [-0.2, -0.15) is 0 Å². The van der Waals surface area contributed by atoms with Gasteiger partial charge in [-0.05, 0) is 35.9 Å². The largest absolute Gasteiger partial charge is 0.497 e. The molecule has 0 aromatic heterocycles. The molecule has 0 bridgehead atoms. The van der Waals surface area contributed by atoms with E-state index in [1.54, 1.807) is 55.5 Å². The highest BCUT2D eigenvalue weighted by atomic mass is 35.5. The Morgan fingerprint density at radius 1 is 1.04 bits per heavy atom. The molecular formula is C19H19Cl2NO4. The molecule has 2 aromatic rings. The molecule has 1 atom stereocenters. The average Bonchev–Trinajstić information content (AvgIpc) is 2.66. The van der Waals surface area contributed by atoms with E-state index in [1.807, 2.05) is 0 Å². The van der Waals surface area contributed by atoms with Crippen LogP contribution >= 0.6 is 23.2 Å². The zero-order valence-corrected chi connectivity index (χ0v) is 16.0. The lowest BCUT2D eigenvalue weighted by Gasteiger charge is -2.33. The number of carbonyl (C=O) groups excluding carboxylic acids is 1. The van der Waals surface area contributed by atoms with Crippen molar-refractivity contribution in [3.63, 3.8) is 0 Å². The molecule has 1 saturated heterocycles. The molecular weight excluding hydrogens is 377 g/mol. The SMILES string of the molecule is COc1cc(OC)cc(C(=O)N2CCOC(c3cc(Cl)cc(Cl)c3)C2)c1. The van der Waals surface area contributed by atoms with Gasteiger partial charge in [0, 0.05) is 28.2 Å². The lowest BCUT2D eigenvalue weighted by Crippen LogP contribution is -2.42. The van der Waals surface area contributed by atoms with Gasteiger partial charge in [0.2, 0.25) is 0 Å². The molecule has 0 N–H and O–H groups in total.